The van der Waals surface area contributed by atoms with Crippen LogP contribution in [0.3, 0.4) is 0 Å². The van der Waals surface area contributed by atoms with Gasteiger partial charge >= 0.3 is 0 Å². The molecule has 0 saturated carbocycles. The number of hydrogen-bond donors (Lipinski definition) is 2. The molecule has 0 aliphatic rings. The van der Waals surface area contributed by atoms with Crippen molar-refractivity contribution in [2.24, 2.45) is 0 Å². The normalized spacial score (nSPS) is 11.3. The first-order valence-corrected chi connectivity index (χ1v) is 8.21. The quantitative estimate of drug-likeness (QED) is 0.636. The molecular formula is C19H18F3N5. The third kappa shape index (κ3) is 4.52. The highest BCUT2D eigenvalue weighted by molar-refractivity contribution is 5.67. The first-order valence-electron chi connectivity index (χ1n) is 8.21. The molecule has 0 bridgehead atoms. The molecule has 8 heteroatoms. The molecule has 0 amide bonds. The lowest BCUT2D eigenvalue weighted by molar-refractivity contribution is 0.499. The summed E-state index contributed by atoms with van der Waals surface area (Å²) in [6, 6.07) is 6.59. The average molecular weight is 373 g/mol. The predicted molar refractivity (Wildman–Crippen MR) is 98.2 cm³/mol. The maximum Gasteiger partial charge on any atom is 0.225 e. The summed E-state index contributed by atoms with van der Waals surface area (Å²) >= 11 is 0. The summed E-state index contributed by atoms with van der Waals surface area (Å²) in [5.41, 5.74) is 0.297. The van der Waals surface area contributed by atoms with Crippen LogP contribution in [0.4, 0.5) is 30.6 Å². The Bertz CT molecular complexity index is 956. The fourth-order valence-corrected chi connectivity index (χ4v) is 2.34. The molecule has 2 N–H and O–H groups in total. The summed E-state index contributed by atoms with van der Waals surface area (Å²) in [4.78, 5) is 12.6. The molecule has 140 valence electrons. The van der Waals surface area contributed by atoms with E-state index in [0.29, 0.717) is 5.69 Å². The van der Waals surface area contributed by atoms with Gasteiger partial charge in [-0.3, -0.25) is 4.98 Å². The zero-order chi connectivity index (χ0) is 19.6. The Kier molecular flexibility index (Phi) is 4.98. The van der Waals surface area contributed by atoms with Crippen molar-refractivity contribution in [2.75, 3.05) is 10.6 Å². The number of aromatic nitrogens is 3. The van der Waals surface area contributed by atoms with E-state index in [-0.39, 0.29) is 17.3 Å². The molecule has 0 spiro atoms. The summed E-state index contributed by atoms with van der Waals surface area (Å²) in [6.45, 7) is 5.78. The van der Waals surface area contributed by atoms with Crippen molar-refractivity contribution in [1.82, 2.24) is 15.0 Å². The van der Waals surface area contributed by atoms with Crippen LogP contribution in [0.25, 0.3) is 11.3 Å². The maximum atomic E-state index is 14.0. The second-order valence-electron chi connectivity index (χ2n) is 6.92. The fourth-order valence-electron chi connectivity index (χ4n) is 2.34. The van der Waals surface area contributed by atoms with Crippen LogP contribution in [0.2, 0.25) is 0 Å². The van der Waals surface area contributed by atoms with Gasteiger partial charge in [-0.1, -0.05) is 0 Å². The molecule has 3 rings (SSSR count). The van der Waals surface area contributed by atoms with E-state index in [1.807, 2.05) is 20.8 Å². The minimum absolute atomic E-state index is 0.118. The second kappa shape index (κ2) is 7.22. The Morgan fingerprint density at radius 3 is 2.22 bits per heavy atom. The molecular weight excluding hydrogens is 355 g/mol. The number of nitrogens with one attached hydrogen (secondary N) is 2. The van der Waals surface area contributed by atoms with Gasteiger partial charge in [0.05, 0.1) is 5.69 Å². The van der Waals surface area contributed by atoms with Gasteiger partial charge in [-0.25, -0.2) is 18.2 Å². The zero-order valence-electron chi connectivity index (χ0n) is 15.0. The van der Waals surface area contributed by atoms with Crippen LogP contribution in [0.1, 0.15) is 20.8 Å². The van der Waals surface area contributed by atoms with Gasteiger partial charge in [0.2, 0.25) is 5.95 Å². The number of hydrogen-bond acceptors (Lipinski definition) is 5. The van der Waals surface area contributed by atoms with Crippen LogP contribution < -0.4 is 10.6 Å². The lowest BCUT2D eigenvalue weighted by Gasteiger charge is -2.21. The lowest BCUT2D eigenvalue weighted by Crippen LogP contribution is -2.27. The minimum atomic E-state index is -1.32. The van der Waals surface area contributed by atoms with Crippen molar-refractivity contribution >= 4 is 17.5 Å². The van der Waals surface area contributed by atoms with E-state index in [9.17, 15) is 13.2 Å². The molecule has 2 heterocycles. The Morgan fingerprint density at radius 1 is 0.889 bits per heavy atom. The SMILES string of the molecule is CC(C)(C)Nc1nc(Nc2c(F)ccc(F)c2F)cc(-c2ccncc2)n1. The average Bonchev–Trinajstić information content (AvgIpc) is 2.61. The number of pyridine rings is 1. The van der Waals surface area contributed by atoms with E-state index >= 15 is 0 Å². The topological polar surface area (TPSA) is 62.7 Å². The number of nitrogens with zero attached hydrogens (tertiary/aromatic N) is 3. The van der Waals surface area contributed by atoms with Crippen molar-refractivity contribution in [1.29, 1.82) is 0 Å². The Balaban J connectivity index is 2.07. The molecule has 0 aliphatic heterocycles. The Morgan fingerprint density at radius 2 is 1.56 bits per heavy atom. The van der Waals surface area contributed by atoms with Gasteiger partial charge in [-0.05, 0) is 45.0 Å². The molecule has 0 radical (unpaired) electrons. The van der Waals surface area contributed by atoms with Gasteiger partial charge < -0.3 is 10.6 Å². The molecule has 3 aromatic rings. The smallest absolute Gasteiger partial charge is 0.225 e. The largest absolute Gasteiger partial charge is 0.350 e. The van der Waals surface area contributed by atoms with Gasteiger partial charge in [0.15, 0.2) is 11.6 Å². The van der Waals surface area contributed by atoms with Crippen molar-refractivity contribution in [3.05, 3.63) is 60.2 Å². The summed E-state index contributed by atoms with van der Waals surface area (Å²) in [6.07, 6.45) is 3.21. The maximum absolute atomic E-state index is 14.0. The first-order chi connectivity index (χ1) is 12.7. The van der Waals surface area contributed by atoms with Crippen molar-refractivity contribution < 1.29 is 13.2 Å². The van der Waals surface area contributed by atoms with Crippen LogP contribution >= 0.6 is 0 Å². The molecule has 0 aliphatic carbocycles. The van der Waals surface area contributed by atoms with Gasteiger partial charge in [0, 0.05) is 29.6 Å². The molecule has 0 atom stereocenters. The van der Waals surface area contributed by atoms with Crippen LogP contribution in [-0.4, -0.2) is 20.5 Å². The third-order valence-electron chi connectivity index (χ3n) is 3.49. The van der Waals surface area contributed by atoms with Gasteiger partial charge in [-0.2, -0.15) is 4.98 Å². The lowest BCUT2D eigenvalue weighted by atomic mass is 10.1. The van der Waals surface area contributed by atoms with Gasteiger partial charge in [0.25, 0.3) is 0 Å². The van der Waals surface area contributed by atoms with Gasteiger partial charge in [0.1, 0.15) is 17.3 Å². The molecule has 1 aromatic carbocycles. The highest BCUT2D eigenvalue weighted by Gasteiger charge is 2.17. The number of benzene rings is 1. The van der Waals surface area contributed by atoms with Crippen LogP contribution in [0.15, 0.2) is 42.7 Å². The van der Waals surface area contributed by atoms with E-state index in [0.717, 1.165) is 17.7 Å². The number of rotatable bonds is 4. The predicted octanol–water partition coefficient (Wildman–Crippen LogP) is 4.91. The molecule has 0 saturated heterocycles. The van der Waals surface area contributed by atoms with E-state index < -0.39 is 23.1 Å². The molecule has 0 fully saturated rings. The highest BCUT2D eigenvalue weighted by Crippen LogP contribution is 2.28. The second-order valence-corrected chi connectivity index (χ2v) is 6.92. The monoisotopic (exact) mass is 373 g/mol. The summed E-state index contributed by atoms with van der Waals surface area (Å²) < 4.78 is 41.4. The van der Waals surface area contributed by atoms with E-state index in [2.05, 4.69) is 25.6 Å². The van der Waals surface area contributed by atoms with Crippen molar-refractivity contribution in [3.63, 3.8) is 0 Å². The molecule has 0 unspecified atom stereocenters. The summed E-state index contributed by atoms with van der Waals surface area (Å²) in [5.74, 6) is -3.02. The van der Waals surface area contributed by atoms with Crippen LogP contribution in [0, 0.1) is 17.5 Å². The molecule has 27 heavy (non-hydrogen) atoms. The standard InChI is InChI=1S/C19H18F3N5/c1-19(2,3)27-18-24-14(11-6-8-23-9-7-11)10-15(26-18)25-17-13(21)5-4-12(20)16(17)22/h4-10H,1-3H3,(H2,24,25,26,27). The van der Waals surface area contributed by atoms with E-state index in [4.69, 9.17) is 0 Å². The summed E-state index contributed by atoms with van der Waals surface area (Å²) in [5, 5.41) is 5.64. The van der Waals surface area contributed by atoms with Crippen molar-refractivity contribution in [2.45, 2.75) is 26.3 Å². The molecule has 2 aromatic heterocycles. The zero-order valence-corrected chi connectivity index (χ0v) is 15.0. The van der Waals surface area contributed by atoms with Crippen molar-refractivity contribution in [3.8, 4) is 11.3 Å². The summed E-state index contributed by atoms with van der Waals surface area (Å²) in [7, 11) is 0. The highest BCUT2D eigenvalue weighted by atomic mass is 19.2. The fraction of sp³-hybridized carbons (Fsp3) is 0.211. The van der Waals surface area contributed by atoms with E-state index in [1.54, 1.807) is 24.5 Å². The van der Waals surface area contributed by atoms with E-state index in [1.165, 1.54) is 6.07 Å². The Hall–Kier alpha value is -3.16. The Labute approximate surface area is 154 Å². The third-order valence-corrected chi connectivity index (χ3v) is 3.49. The number of halogens is 3. The van der Waals surface area contributed by atoms with Crippen LogP contribution in [-0.2, 0) is 0 Å². The first kappa shape index (κ1) is 18.6. The van der Waals surface area contributed by atoms with Gasteiger partial charge in [-0.15, -0.1) is 0 Å². The molecule has 5 nitrogen and oxygen atoms in total. The van der Waals surface area contributed by atoms with Crippen LogP contribution in [0.5, 0.6) is 0 Å². The number of anilines is 3. The minimum Gasteiger partial charge on any atom is -0.350 e.